The van der Waals surface area contributed by atoms with Gasteiger partial charge in [0.1, 0.15) is 0 Å². The second-order valence-corrected chi connectivity index (χ2v) is 6.19. The Morgan fingerprint density at radius 3 is 1.83 bits per heavy atom. The van der Waals surface area contributed by atoms with Gasteiger partial charge in [-0.2, -0.15) is 0 Å². The number of nitro groups is 1. The van der Waals surface area contributed by atoms with E-state index in [2.05, 4.69) is 0 Å². The smallest absolute Gasteiger partial charge is 0.269 e. The predicted molar refractivity (Wildman–Crippen MR) is 93.9 cm³/mol. The van der Waals surface area contributed by atoms with Gasteiger partial charge in [-0.25, -0.2) is 0 Å². The molecule has 0 saturated carbocycles. The Morgan fingerprint density at radius 2 is 1.46 bits per heavy atom. The molecule has 7 heteroatoms. The van der Waals surface area contributed by atoms with Gasteiger partial charge in [0.15, 0.2) is 5.78 Å². The molecule has 24 heavy (non-hydrogen) atoms. The molecule has 1 fully saturated rings. The molecular formula is C17H22N4O3. The summed E-state index contributed by atoms with van der Waals surface area (Å²) in [6, 6.07) is 6.40. The Bertz CT molecular complexity index is 660. The summed E-state index contributed by atoms with van der Waals surface area (Å²) in [6.07, 6.45) is 3.65. The van der Waals surface area contributed by atoms with Gasteiger partial charge in [-0.05, 0) is 12.1 Å². The van der Waals surface area contributed by atoms with Crippen LogP contribution < -0.4 is 4.90 Å². The quantitative estimate of drug-likeness (QED) is 0.477. The Morgan fingerprint density at radius 1 is 1.00 bits per heavy atom. The van der Waals surface area contributed by atoms with Gasteiger partial charge in [0.05, 0.1) is 4.92 Å². The van der Waals surface area contributed by atoms with Crippen LogP contribution in [0.25, 0.3) is 0 Å². The molecule has 0 aliphatic carbocycles. The van der Waals surface area contributed by atoms with Crippen molar-refractivity contribution in [2.24, 2.45) is 0 Å². The van der Waals surface area contributed by atoms with Crippen molar-refractivity contribution in [3.8, 4) is 0 Å². The normalized spacial score (nSPS) is 18.2. The fraction of sp³-hybridized carbons (Fsp3) is 0.353. The van der Waals surface area contributed by atoms with Crippen molar-refractivity contribution < 1.29 is 9.72 Å². The van der Waals surface area contributed by atoms with E-state index in [9.17, 15) is 14.9 Å². The molecule has 0 unspecified atom stereocenters. The zero-order valence-corrected chi connectivity index (χ0v) is 14.4. The molecule has 0 atom stereocenters. The summed E-state index contributed by atoms with van der Waals surface area (Å²) in [6.45, 7) is 0.944. The SMILES string of the molecule is CN(C)C=C1CN(c2ccc([N+](=O)[O-])cc2)C/C(=C/N(C)C)C1=O. The first-order valence-electron chi connectivity index (χ1n) is 7.56. The summed E-state index contributed by atoms with van der Waals surface area (Å²) in [5.41, 5.74) is 2.29. The summed E-state index contributed by atoms with van der Waals surface area (Å²) in [5, 5.41) is 10.8. The highest BCUT2D eigenvalue weighted by Gasteiger charge is 2.27. The van der Waals surface area contributed by atoms with E-state index in [-0.39, 0.29) is 11.5 Å². The molecule has 0 N–H and O–H groups in total. The minimum Gasteiger partial charge on any atom is -0.383 e. The minimum absolute atomic E-state index is 0.0376. The highest BCUT2D eigenvalue weighted by Crippen LogP contribution is 2.26. The van der Waals surface area contributed by atoms with Crippen LogP contribution >= 0.6 is 0 Å². The van der Waals surface area contributed by atoms with Crippen molar-refractivity contribution in [2.75, 3.05) is 46.2 Å². The molecule has 2 rings (SSSR count). The number of non-ortho nitro benzene ring substituents is 1. The zero-order chi connectivity index (χ0) is 17.9. The number of nitrogens with zero attached hydrogens (tertiary/aromatic N) is 4. The van der Waals surface area contributed by atoms with Gasteiger partial charge >= 0.3 is 0 Å². The van der Waals surface area contributed by atoms with Gasteiger partial charge in [0, 0.05) is 82.6 Å². The number of Topliss-reactive ketones (excluding diaryl/α,β-unsaturated/α-hetero) is 1. The second kappa shape index (κ2) is 7.16. The van der Waals surface area contributed by atoms with Crippen LogP contribution in [0.2, 0.25) is 0 Å². The number of benzene rings is 1. The highest BCUT2D eigenvalue weighted by atomic mass is 16.6. The number of carbonyl (C=O) groups excluding carboxylic acids is 1. The fourth-order valence-electron chi connectivity index (χ4n) is 2.61. The molecule has 128 valence electrons. The standard InChI is InChI=1S/C17H22N4O3/c1-18(2)9-13-11-20(12-14(17(13)22)10-19(3)4)15-5-7-16(8-6-15)21(23)24/h5-10H,11-12H2,1-4H3/b13-9-,14-10?. The molecule has 0 radical (unpaired) electrons. The van der Waals surface area contributed by atoms with E-state index >= 15 is 0 Å². The number of rotatable bonds is 4. The Balaban J connectivity index is 2.35. The molecule has 1 aliphatic rings. The largest absolute Gasteiger partial charge is 0.383 e. The summed E-state index contributed by atoms with van der Waals surface area (Å²) in [5.74, 6) is 0.0376. The molecule has 0 bridgehead atoms. The van der Waals surface area contributed by atoms with Crippen molar-refractivity contribution in [3.05, 3.63) is 57.9 Å². The van der Waals surface area contributed by atoms with Gasteiger partial charge in [-0.3, -0.25) is 14.9 Å². The number of piperidine rings is 1. The number of ketones is 1. The van der Waals surface area contributed by atoms with E-state index in [0.29, 0.717) is 24.2 Å². The fourth-order valence-corrected chi connectivity index (χ4v) is 2.61. The first-order valence-corrected chi connectivity index (χ1v) is 7.56. The van der Waals surface area contributed by atoms with Crippen molar-refractivity contribution in [1.82, 2.24) is 9.80 Å². The maximum Gasteiger partial charge on any atom is 0.269 e. The monoisotopic (exact) mass is 330 g/mol. The molecular weight excluding hydrogens is 308 g/mol. The van der Waals surface area contributed by atoms with Gasteiger partial charge < -0.3 is 14.7 Å². The summed E-state index contributed by atoms with van der Waals surface area (Å²) in [7, 11) is 7.50. The van der Waals surface area contributed by atoms with Gasteiger partial charge in [0.25, 0.3) is 5.69 Å². The van der Waals surface area contributed by atoms with Crippen molar-refractivity contribution in [2.45, 2.75) is 0 Å². The van der Waals surface area contributed by atoms with Crippen LogP contribution in [-0.4, -0.2) is 61.8 Å². The van der Waals surface area contributed by atoms with Crippen molar-refractivity contribution in [1.29, 1.82) is 0 Å². The Kier molecular flexibility index (Phi) is 5.23. The van der Waals surface area contributed by atoms with Gasteiger partial charge in [-0.1, -0.05) is 0 Å². The van der Waals surface area contributed by atoms with Crippen molar-refractivity contribution in [3.63, 3.8) is 0 Å². The van der Waals surface area contributed by atoms with E-state index in [1.54, 1.807) is 12.1 Å². The van der Waals surface area contributed by atoms with E-state index in [4.69, 9.17) is 0 Å². The third kappa shape index (κ3) is 4.13. The maximum absolute atomic E-state index is 12.6. The van der Waals surface area contributed by atoms with E-state index < -0.39 is 4.92 Å². The third-order valence-electron chi connectivity index (χ3n) is 3.56. The molecule has 1 saturated heterocycles. The first kappa shape index (κ1) is 17.5. The lowest BCUT2D eigenvalue weighted by Gasteiger charge is -2.32. The van der Waals surface area contributed by atoms with Crippen LogP contribution in [0.5, 0.6) is 0 Å². The van der Waals surface area contributed by atoms with Crippen LogP contribution in [0.15, 0.2) is 47.8 Å². The van der Waals surface area contributed by atoms with E-state index in [0.717, 1.165) is 5.69 Å². The lowest BCUT2D eigenvalue weighted by atomic mass is 9.98. The molecule has 0 amide bonds. The van der Waals surface area contributed by atoms with Crippen LogP contribution in [0.1, 0.15) is 0 Å². The lowest BCUT2D eigenvalue weighted by Crippen LogP contribution is -2.39. The van der Waals surface area contributed by atoms with E-state index in [1.807, 2.05) is 55.3 Å². The maximum atomic E-state index is 12.6. The first-order chi connectivity index (χ1) is 11.3. The second-order valence-electron chi connectivity index (χ2n) is 6.19. The third-order valence-corrected chi connectivity index (χ3v) is 3.56. The lowest BCUT2D eigenvalue weighted by molar-refractivity contribution is -0.384. The minimum atomic E-state index is -0.418. The predicted octanol–water partition coefficient (Wildman–Crippen LogP) is 1.87. The molecule has 1 heterocycles. The number of hydrogen-bond donors (Lipinski definition) is 0. The highest BCUT2D eigenvalue weighted by molar-refractivity contribution is 6.10. The Labute approximate surface area is 141 Å². The molecule has 0 spiro atoms. The molecule has 1 aromatic carbocycles. The molecule has 1 aromatic rings. The molecule has 0 aromatic heterocycles. The van der Waals surface area contributed by atoms with E-state index in [1.165, 1.54) is 12.1 Å². The average Bonchev–Trinajstić information content (AvgIpc) is 2.50. The average molecular weight is 330 g/mol. The van der Waals surface area contributed by atoms with Crippen LogP contribution in [0.3, 0.4) is 0 Å². The summed E-state index contributed by atoms with van der Waals surface area (Å²) >= 11 is 0. The van der Waals surface area contributed by atoms with Gasteiger partial charge in [0.2, 0.25) is 0 Å². The van der Waals surface area contributed by atoms with Crippen LogP contribution in [0, 0.1) is 10.1 Å². The summed E-state index contributed by atoms with van der Waals surface area (Å²) in [4.78, 5) is 28.7. The number of nitro benzene ring substituents is 1. The molecule has 1 aliphatic heterocycles. The van der Waals surface area contributed by atoms with Crippen LogP contribution in [0.4, 0.5) is 11.4 Å². The number of anilines is 1. The van der Waals surface area contributed by atoms with Gasteiger partial charge in [-0.15, -0.1) is 0 Å². The zero-order valence-electron chi connectivity index (χ0n) is 14.4. The topological polar surface area (TPSA) is 69.9 Å². The van der Waals surface area contributed by atoms with Crippen LogP contribution in [-0.2, 0) is 4.79 Å². The summed E-state index contributed by atoms with van der Waals surface area (Å²) < 4.78 is 0. The molecule has 7 nitrogen and oxygen atoms in total. The Hall–Kier alpha value is -2.83. The van der Waals surface area contributed by atoms with Crippen molar-refractivity contribution >= 4 is 17.2 Å². The number of hydrogen-bond acceptors (Lipinski definition) is 6. The number of carbonyl (C=O) groups is 1.